The molecule has 208 valence electrons. The van der Waals surface area contributed by atoms with Crippen LogP contribution in [0.25, 0.3) is 10.9 Å². The summed E-state index contributed by atoms with van der Waals surface area (Å²) in [5.41, 5.74) is 10.6. The first-order valence-corrected chi connectivity index (χ1v) is 13.7. The van der Waals surface area contributed by atoms with Gasteiger partial charge in [0.2, 0.25) is 5.91 Å². The number of ether oxygens (including phenoxy) is 2. The zero-order valence-electron chi connectivity index (χ0n) is 22.5. The van der Waals surface area contributed by atoms with E-state index in [2.05, 4.69) is 4.98 Å². The smallest absolute Gasteiger partial charge is 0.227 e. The minimum absolute atomic E-state index is 0.0655. The number of hydrogen-bond acceptors (Lipinski definition) is 6. The lowest BCUT2D eigenvalue weighted by atomic mass is 9.91. The Morgan fingerprint density at radius 2 is 1.88 bits per heavy atom. The summed E-state index contributed by atoms with van der Waals surface area (Å²) in [5.74, 6) is 7.40. The van der Waals surface area contributed by atoms with E-state index in [-0.39, 0.29) is 11.9 Å². The lowest BCUT2D eigenvalue weighted by molar-refractivity contribution is -0.132. The molecule has 0 saturated carbocycles. The van der Waals surface area contributed by atoms with Crippen LogP contribution >= 0.6 is 11.6 Å². The summed E-state index contributed by atoms with van der Waals surface area (Å²) in [6, 6.07) is 21.2. The van der Waals surface area contributed by atoms with Crippen LogP contribution in [0.5, 0.6) is 11.5 Å². The number of nitrogens with zero attached hydrogens (tertiary/aromatic N) is 2. The monoisotopic (exact) mass is 559 g/mol. The molecule has 0 saturated heterocycles. The number of nitrogens with one attached hydrogen (secondary N) is 1. The summed E-state index contributed by atoms with van der Waals surface area (Å²) in [4.78, 5) is 19.3. The Labute approximate surface area is 239 Å². The first-order chi connectivity index (χ1) is 19.5. The number of methoxy groups -OCH3 is 1. The van der Waals surface area contributed by atoms with Gasteiger partial charge in [-0.25, -0.2) is 5.84 Å². The van der Waals surface area contributed by atoms with Crippen molar-refractivity contribution >= 4 is 28.4 Å². The van der Waals surface area contributed by atoms with Gasteiger partial charge in [-0.3, -0.25) is 4.79 Å². The van der Waals surface area contributed by atoms with Gasteiger partial charge < -0.3 is 30.1 Å². The van der Waals surface area contributed by atoms with E-state index in [4.69, 9.17) is 32.7 Å². The predicted octanol–water partition coefficient (Wildman–Crippen LogP) is 4.92. The molecule has 8 nitrogen and oxygen atoms in total. The maximum atomic E-state index is 13.7. The largest absolute Gasteiger partial charge is 0.497 e. The quantitative estimate of drug-likeness (QED) is 0.144. The highest BCUT2D eigenvalue weighted by Gasteiger charge is 2.34. The Morgan fingerprint density at radius 3 is 2.60 bits per heavy atom. The lowest BCUT2D eigenvalue weighted by Gasteiger charge is -2.36. The van der Waals surface area contributed by atoms with E-state index in [9.17, 15) is 4.79 Å². The first-order valence-electron chi connectivity index (χ1n) is 13.3. The second-order valence-corrected chi connectivity index (χ2v) is 10.3. The molecule has 0 bridgehead atoms. The van der Waals surface area contributed by atoms with Gasteiger partial charge in [0, 0.05) is 53.5 Å². The summed E-state index contributed by atoms with van der Waals surface area (Å²) in [6.45, 7) is 1.76. The molecule has 1 unspecified atom stereocenters. The highest BCUT2D eigenvalue weighted by molar-refractivity contribution is 6.31. The van der Waals surface area contributed by atoms with Crippen molar-refractivity contribution in [3.63, 3.8) is 0 Å². The Kier molecular flexibility index (Phi) is 8.48. The number of nitrogens with two attached hydrogens (primary N) is 2. The normalized spacial score (nSPS) is 14.9. The number of aromatic nitrogens is 1. The van der Waals surface area contributed by atoms with E-state index in [1.165, 1.54) is 16.8 Å². The van der Waals surface area contributed by atoms with Crippen molar-refractivity contribution < 1.29 is 14.3 Å². The maximum Gasteiger partial charge on any atom is 0.227 e. The summed E-state index contributed by atoms with van der Waals surface area (Å²) in [5, 5.41) is 3.33. The van der Waals surface area contributed by atoms with Crippen molar-refractivity contribution in [3.8, 4) is 11.5 Å². The molecule has 1 amide bonds. The number of carbonyl (C=O) groups excluding carboxylic acids is 1. The number of rotatable bonds is 10. The summed E-state index contributed by atoms with van der Waals surface area (Å²) in [7, 11) is 1.63. The van der Waals surface area contributed by atoms with Crippen LogP contribution in [0.2, 0.25) is 5.02 Å². The Hall–Kier alpha value is -4.14. The molecule has 1 atom stereocenters. The van der Waals surface area contributed by atoms with Gasteiger partial charge in [-0.2, -0.15) is 0 Å². The van der Waals surface area contributed by atoms with Gasteiger partial charge in [-0.05, 0) is 65.6 Å². The average molecular weight is 560 g/mol. The summed E-state index contributed by atoms with van der Waals surface area (Å²) >= 11 is 6.35. The van der Waals surface area contributed by atoms with Crippen LogP contribution in [0.1, 0.15) is 34.8 Å². The van der Waals surface area contributed by atoms with Crippen LogP contribution in [0.15, 0.2) is 79.1 Å². The fourth-order valence-corrected chi connectivity index (χ4v) is 5.44. The van der Waals surface area contributed by atoms with Gasteiger partial charge in [0.25, 0.3) is 0 Å². The fraction of sp³-hybridized carbons (Fsp3) is 0.258. The molecule has 5 N–H and O–H groups in total. The minimum atomic E-state index is -0.261. The third kappa shape index (κ3) is 6.03. The van der Waals surface area contributed by atoms with Crippen LogP contribution < -0.4 is 21.1 Å². The van der Waals surface area contributed by atoms with Crippen molar-refractivity contribution in [2.45, 2.75) is 25.3 Å². The van der Waals surface area contributed by atoms with Crippen LogP contribution in [0.4, 0.5) is 0 Å². The SMILES string of the molecule is COc1ccc(CC(=O)N2CCc3c([nH]c4ccc(Cl)cc34)C2c2ccc(OCCCN(N)/C=C\N)cc2)cc1. The highest BCUT2D eigenvalue weighted by Crippen LogP contribution is 2.39. The third-order valence-corrected chi connectivity index (χ3v) is 7.46. The predicted molar refractivity (Wildman–Crippen MR) is 158 cm³/mol. The molecular formula is C31H34ClN5O3. The number of H-pyrrole nitrogens is 1. The van der Waals surface area contributed by atoms with Crippen LogP contribution in [-0.4, -0.2) is 47.6 Å². The van der Waals surface area contributed by atoms with E-state index in [0.29, 0.717) is 31.1 Å². The Morgan fingerprint density at radius 1 is 1.12 bits per heavy atom. The first kappa shape index (κ1) is 27.4. The number of hydrogen-bond donors (Lipinski definition) is 3. The van der Waals surface area contributed by atoms with Crippen molar-refractivity contribution in [1.29, 1.82) is 0 Å². The zero-order valence-corrected chi connectivity index (χ0v) is 23.2. The minimum Gasteiger partial charge on any atom is -0.497 e. The van der Waals surface area contributed by atoms with E-state index in [0.717, 1.165) is 52.1 Å². The Balaban J connectivity index is 1.40. The van der Waals surface area contributed by atoms with E-state index in [1.807, 2.05) is 71.6 Å². The molecule has 1 aliphatic rings. The third-order valence-electron chi connectivity index (χ3n) is 7.23. The summed E-state index contributed by atoms with van der Waals surface area (Å²) < 4.78 is 11.2. The van der Waals surface area contributed by atoms with Gasteiger partial charge in [-0.1, -0.05) is 35.9 Å². The topological polar surface area (TPSA) is 110 Å². The number of halogens is 1. The van der Waals surface area contributed by atoms with Crippen molar-refractivity contribution in [2.75, 3.05) is 26.8 Å². The van der Waals surface area contributed by atoms with Crippen molar-refractivity contribution in [1.82, 2.24) is 14.9 Å². The molecule has 9 heteroatoms. The van der Waals surface area contributed by atoms with Gasteiger partial charge in [0.1, 0.15) is 11.5 Å². The number of amides is 1. The second-order valence-electron chi connectivity index (χ2n) is 9.82. The molecule has 1 aliphatic heterocycles. The van der Waals surface area contributed by atoms with E-state index in [1.54, 1.807) is 13.3 Å². The second kappa shape index (κ2) is 12.4. The molecule has 3 aromatic carbocycles. The number of fused-ring (bicyclic) bond motifs is 3. The van der Waals surface area contributed by atoms with Gasteiger partial charge in [-0.15, -0.1) is 0 Å². The lowest BCUT2D eigenvalue weighted by Crippen LogP contribution is -2.41. The standard InChI is InChI=1S/C31H34ClN5O3/c1-39-24-8-3-21(4-9-24)19-29(38)37-16-13-26-27-20-23(32)7-12-28(27)35-30(26)31(37)22-5-10-25(11-6-22)40-18-2-15-36(34)17-14-33/h3-12,14,17,20,31,35H,2,13,15-16,18-19,33-34H2,1H3/b17-14-. The van der Waals surface area contributed by atoms with E-state index >= 15 is 0 Å². The van der Waals surface area contributed by atoms with Crippen molar-refractivity contribution in [2.24, 2.45) is 11.6 Å². The van der Waals surface area contributed by atoms with Crippen LogP contribution in [0.3, 0.4) is 0 Å². The summed E-state index contributed by atoms with van der Waals surface area (Å²) in [6.07, 6.45) is 4.83. The molecule has 5 rings (SSSR count). The molecule has 0 radical (unpaired) electrons. The molecule has 1 aromatic heterocycles. The molecule has 0 fully saturated rings. The average Bonchev–Trinajstić information content (AvgIpc) is 3.33. The Bertz CT molecular complexity index is 1480. The fourth-order valence-electron chi connectivity index (χ4n) is 5.26. The van der Waals surface area contributed by atoms with Crippen LogP contribution in [0, 0.1) is 0 Å². The molecule has 4 aromatic rings. The zero-order chi connectivity index (χ0) is 28.1. The van der Waals surface area contributed by atoms with Gasteiger partial charge in [0.15, 0.2) is 0 Å². The van der Waals surface area contributed by atoms with E-state index < -0.39 is 0 Å². The number of carbonyl (C=O) groups is 1. The highest BCUT2D eigenvalue weighted by atomic mass is 35.5. The van der Waals surface area contributed by atoms with Gasteiger partial charge in [0.05, 0.1) is 26.2 Å². The maximum absolute atomic E-state index is 13.7. The molecule has 0 spiro atoms. The molecule has 0 aliphatic carbocycles. The molecule has 40 heavy (non-hydrogen) atoms. The number of benzene rings is 3. The van der Waals surface area contributed by atoms with Crippen LogP contribution in [-0.2, 0) is 17.6 Å². The van der Waals surface area contributed by atoms with Crippen molar-refractivity contribution in [3.05, 3.63) is 107 Å². The number of aromatic amines is 1. The number of hydrazine groups is 1. The van der Waals surface area contributed by atoms with Gasteiger partial charge >= 0.3 is 0 Å². The molecular weight excluding hydrogens is 526 g/mol. The molecule has 2 heterocycles.